The van der Waals surface area contributed by atoms with Gasteiger partial charge in [0.25, 0.3) is 0 Å². The fourth-order valence-corrected chi connectivity index (χ4v) is 5.69. The van der Waals surface area contributed by atoms with Crippen LogP contribution >= 0.6 is 0 Å². The Balaban J connectivity index is 1.13. The number of fused-ring (bicyclic) bond motifs is 1. The molecule has 0 bridgehead atoms. The lowest BCUT2D eigenvalue weighted by molar-refractivity contribution is -0.155. The fourth-order valence-electron chi connectivity index (χ4n) is 5.69. The topological polar surface area (TPSA) is 226 Å². The van der Waals surface area contributed by atoms with Crippen LogP contribution in [-0.2, 0) is 30.3 Å². The largest absolute Gasteiger partial charge is 0.504 e. The van der Waals surface area contributed by atoms with Crippen molar-refractivity contribution in [2.75, 3.05) is 13.4 Å². The van der Waals surface area contributed by atoms with Gasteiger partial charge in [-0.15, -0.1) is 0 Å². The van der Waals surface area contributed by atoms with Crippen molar-refractivity contribution in [3.05, 3.63) is 76.9 Å². The molecule has 48 heavy (non-hydrogen) atoms. The van der Waals surface area contributed by atoms with Gasteiger partial charge in [-0.2, -0.15) is 0 Å². The standard InChI is InChI=1S/C33H40N2O13/c1-16(10-11-44-33(43)34-14-18-6-4-3-5-7-18)28-26(40)27(41)32(48-28)47-21-9-8-19(13-20(21)36)12-17(2)31(42)35-22-23(37)25(39)30-29(24(22)38)45-15-46-30/h3-10,12-13,22-30,32,36-41H,11,14-15H2,1-2H3,(H,34,43)(H,35,42)/t22-,23+,24-,25-,26+,27+,28+,29+,30-,32+/m1/s1. The number of nitrogens with one attached hydrogen (secondary N) is 2. The quantitative estimate of drug-likeness (QED) is 0.121. The van der Waals surface area contributed by atoms with Crippen LogP contribution in [0.3, 0.4) is 0 Å². The lowest BCUT2D eigenvalue weighted by Crippen LogP contribution is -2.67. The van der Waals surface area contributed by atoms with Gasteiger partial charge in [0.2, 0.25) is 12.2 Å². The van der Waals surface area contributed by atoms with Gasteiger partial charge < -0.3 is 65.0 Å². The molecule has 3 aliphatic rings. The van der Waals surface area contributed by atoms with Crippen molar-refractivity contribution < 1.29 is 63.9 Å². The number of ether oxygens (including phenoxy) is 5. The summed E-state index contributed by atoms with van der Waals surface area (Å²) in [7, 11) is 0. The maximum atomic E-state index is 12.9. The third kappa shape index (κ3) is 7.97. The number of carbonyl (C=O) groups is 2. The Morgan fingerprint density at radius 1 is 0.917 bits per heavy atom. The van der Waals surface area contributed by atoms with E-state index in [1.165, 1.54) is 37.3 Å². The Kier molecular flexibility index (Phi) is 11.3. The maximum Gasteiger partial charge on any atom is 0.407 e. The first-order valence-corrected chi connectivity index (χ1v) is 15.3. The Labute approximate surface area is 276 Å². The number of carbonyl (C=O) groups excluding carboxylic acids is 2. The second kappa shape index (κ2) is 15.4. The highest BCUT2D eigenvalue weighted by molar-refractivity contribution is 5.97. The van der Waals surface area contributed by atoms with Crippen molar-refractivity contribution >= 4 is 18.1 Å². The number of aliphatic hydroxyl groups excluding tert-OH is 5. The van der Waals surface area contributed by atoms with Crippen LogP contribution in [0.4, 0.5) is 4.79 Å². The van der Waals surface area contributed by atoms with Crippen LogP contribution in [0.25, 0.3) is 6.08 Å². The van der Waals surface area contributed by atoms with Crippen molar-refractivity contribution in [1.29, 1.82) is 0 Å². The summed E-state index contributed by atoms with van der Waals surface area (Å²) < 4.78 is 27.0. The molecule has 260 valence electrons. The van der Waals surface area contributed by atoms with Crippen LogP contribution < -0.4 is 15.4 Å². The minimum absolute atomic E-state index is 0.0676. The summed E-state index contributed by atoms with van der Waals surface area (Å²) in [6.45, 7) is 3.15. The summed E-state index contributed by atoms with van der Waals surface area (Å²) in [5.74, 6) is -1.06. The number of aliphatic hydroxyl groups is 5. The van der Waals surface area contributed by atoms with Crippen LogP contribution in [0.1, 0.15) is 25.0 Å². The van der Waals surface area contributed by atoms with Gasteiger partial charge in [0.1, 0.15) is 62.2 Å². The first-order valence-electron chi connectivity index (χ1n) is 15.3. The van der Waals surface area contributed by atoms with Crippen LogP contribution in [0.2, 0.25) is 0 Å². The average Bonchev–Trinajstić information content (AvgIpc) is 3.68. The molecule has 2 aromatic carbocycles. The van der Waals surface area contributed by atoms with Crippen molar-refractivity contribution in [2.24, 2.45) is 0 Å². The van der Waals surface area contributed by atoms with E-state index in [0.29, 0.717) is 17.7 Å². The van der Waals surface area contributed by atoms with Crippen LogP contribution in [0, 0.1) is 0 Å². The van der Waals surface area contributed by atoms with E-state index in [9.17, 15) is 40.2 Å². The minimum Gasteiger partial charge on any atom is -0.504 e. The second-order valence-corrected chi connectivity index (χ2v) is 11.8. The Morgan fingerprint density at radius 2 is 1.62 bits per heavy atom. The first-order chi connectivity index (χ1) is 22.9. The van der Waals surface area contributed by atoms with Crippen molar-refractivity contribution in [2.45, 2.75) is 81.6 Å². The third-order valence-electron chi connectivity index (χ3n) is 8.44. The summed E-state index contributed by atoms with van der Waals surface area (Å²) in [6.07, 6.45) is -8.87. The monoisotopic (exact) mass is 672 g/mol. The number of amides is 2. The zero-order chi connectivity index (χ0) is 34.5. The molecule has 8 N–H and O–H groups in total. The number of rotatable bonds is 10. The van der Waals surface area contributed by atoms with Crippen molar-refractivity contribution in [3.63, 3.8) is 0 Å². The molecule has 15 nitrogen and oxygen atoms in total. The van der Waals surface area contributed by atoms with Gasteiger partial charge in [-0.05, 0) is 54.8 Å². The molecule has 5 rings (SSSR count). The molecule has 0 spiro atoms. The third-order valence-corrected chi connectivity index (χ3v) is 8.44. The summed E-state index contributed by atoms with van der Waals surface area (Å²) in [4.78, 5) is 24.9. The van der Waals surface area contributed by atoms with E-state index in [4.69, 9.17) is 23.7 Å². The van der Waals surface area contributed by atoms with Gasteiger partial charge in [-0.3, -0.25) is 4.79 Å². The molecule has 1 saturated carbocycles. The molecule has 10 atom stereocenters. The van der Waals surface area contributed by atoms with Crippen LogP contribution in [-0.4, -0.2) is 117 Å². The Hall–Kier alpha value is -4.06. The number of phenolic OH excluding ortho intramolecular Hbond substituents is 1. The van der Waals surface area contributed by atoms with Gasteiger partial charge in [-0.1, -0.05) is 36.4 Å². The lowest BCUT2D eigenvalue weighted by atomic mass is 9.83. The van der Waals surface area contributed by atoms with Gasteiger partial charge in [0.05, 0.1) is 6.04 Å². The summed E-state index contributed by atoms with van der Waals surface area (Å²) in [6, 6.07) is 12.3. The van der Waals surface area contributed by atoms with Gasteiger partial charge in [-0.25, -0.2) is 4.79 Å². The molecule has 2 aliphatic heterocycles. The first kappa shape index (κ1) is 35.3. The lowest BCUT2D eigenvalue weighted by Gasteiger charge is -2.41. The normalized spacial score (nSPS) is 32.0. The van der Waals surface area contributed by atoms with E-state index in [1.54, 1.807) is 6.92 Å². The molecular formula is C33H40N2O13. The van der Waals surface area contributed by atoms with E-state index in [1.807, 2.05) is 30.3 Å². The van der Waals surface area contributed by atoms with Gasteiger partial charge >= 0.3 is 6.09 Å². The summed E-state index contributed by atoms with van der Waals surface area (Å²) in [5.41, 5.74) is 1.94. The number of benzene rings is 2. The van der Waals surface area contributed by atoms with Crippen LogP contribution in [0.15, 0.2) is 65.8 Å². The zero-order valence-electron chi connectivity index (χ0n) is 26.2. The van der Waals surface area contributed by atoms with E-state index in [0.717, 1.165) is 5.56 Å². The fraction of sp³-hybridized carbons (Fsp3) is 0.455. The number of aromatic hydroxyl groups is 1. The predicted octanol–water partition coefficient (Wildman–Crippen LogP) is -0.184. The highest BCUT2D eigenvalue weighted by Gasteiger charge is 2.53. The van der Waals surface area contributed by atoms with E-state index < -0.39 is 73.2 Å². The van der Waals surface area contributed by atoms with E-state index in [-0.39, 0.29) is 30.5 Å². The molecule has 0 radical (unpaired) electrons. The number of hydrogen-bond acceptors (Lipinski definition) is 13. The molecule has 2 amide bonds. The zero-order valence-corrected chi connectivity index (χ0v) is 26.2. The highest BCUT2D eigenvalue weighted by Crippen LogP contribution is 2.34. The number of phenols is 1. The molecule has 15 heteroatoms. The van der Waals surface area contributed by atoms with Crippen LogP contribution in [0.5, 0.6) is 11.5 Å². The molecular weight excluding hydrogens is 632 g/mol. The van der Waals surface area contributed by atoms with Gasteiger partial charge in [0, 0.05) is 12.1 Å². The SMILES string of the molecule is CC(=Cc1ccc(O[C@H]2O[C@@H](C(C)=CCOC(=O)NCc3ccccc3)[C@@H](O)[C@@H]2O)c(O)c1)C(=O)N[C@@H]1[C@H](O)[C@@H](O)[C@H]2OCO[C@H]2[C@@H]1O. The minimum atomic E-state index is -1.50. The van der Waals surface area contributed by atoms with E-state index >= 15 is 0 Å². The molecule has 2 saturated heterocycles. The smallest absolute Gasteiger partial charge is 0.407 e. The van der Waals surface area contributed by atoms with Crippen molar-refractivity contribution in [3.8, 4) is 11.5 Å². The number of alkyl carbamates (subject to hydrolysis) is 1. The Morgan fingerprint density at radius 3 is 2.33 bits per heavy atom. The molecule has 2 aromatic rings. The number of hydrogen-bond donors (Lipinski definition) is 8. The Bertz CT molecular complexity index is 1500. The molecule has 0 aromatic heterocycles. The molecule has 0 unspecified atom stereocenters. The second-order valence-electron chi connectivity index (χ2n) is 11.8. The maximum absolute atomic E-state index is 12.9. The molecule has 3 fully saturated rings. The van der Waals surface area contributed by atoms with Gasteiger partial charge in [0.15, 0.2) is 11.5 Å². The van der Waals surface area contributed by atoms with E-state index in [2.05, 4.69) is 10.6 Å². The molecule has 2 heterocycles. The molecule has 1 aliphatic carbocycles. The summed E-state index contributed by atoms with van der Waals surface area (Å²) in [5, 5.41) is 68.3. The predicted molar refractivity (Wildman–Crippen MR) is 166 cm³/mol. The van der Waals surface area contributed by atoms with Crippen molar-refractivity contribution in [1.82, 2.24) is 10.6 Å². The average molecular weight is 673 g/mol. The summed E-state index contributed by atoms with van der Waals surface area (Å²) >= 11 is 0. The highest BCUT2D eigenvalue weighted by atomic mass is 16.7.